The van der Waals surface area contributed by atoms with Gasteiger partial charge < -0.3 is 5.73 Å². The van der Waals surface area contributed by atoms with Gasteiger partial charge in [0.1, 0.15) is 5.82 Å². The second kappa shape index (κ2) is 4.81. The molecule has 1 heterocycles. The zero-order valence-corrected chi connectivity index (χ0v) is 9.75. The van der Waals surface area contributed by atoms with Crippen LogP contribution < -0.4 is 11.3 Å². The standard InChI is InChI=1S/C11H11ClFN3O/c12-11-15-9-3-2-7(13)6-8(9)10(17)16(11)5-1-4-14/h2-3,6H,1,4-5,14H2. The lowest BCUT2D eigenvalue weighted by Gasteiger charge is -2.08. The number of hydrogen-bond donors (Lipinski definition) is 1. The number of nitrogens with zero attached hydrogens (tertiary/aromatic N) is 2. The Morgan fingerprint density at radius 2 is 2.24 bits per heavy atom. The summed E-state index contributed by atoms with van der Waals surface area (Å²) in [5.41, 5.74) is 5.43. The summed E-state index contributed by atoms with van der Waals surface area (Å²) in [5.74, 6) is -0.468. The Morgan fingerprint density at radius 1 is 1.47 bits per heavy atom. The zero-order valence-electron chi connectivity index (χ0n) is 8.99. The molecule has 0 amide bonds. The minimum atomic E-state index is -0.468. The second-order valence-electron chi connectivity index (χ2n) is 3.64. The van der Waals surface area contributed by atoms with E-state index in [1.54, 1.807) is 0 Å². The molecular formula is C11H11ClFN3O. The Morgan fingerprint density at radius 3 is 2.94 bits per heavy atom. The summed E-state index contributed by atoms with van der Waals surface area (Å²) in [6.07, 6.45) is 0.613. The molecule has 90 valence electrons. The van der Waals surface area contributed by atoms with E-state index in [4.69, 9.17) is 17.3 Å². The van der Waals surface area contributed by atoms with E-state index in [-0.39, 0.29) is 16.2 Å². The molecule has 0 bridgehead atoms. The molecule has 0 saturated heterocycles. The lowest BCUT2D eigenvalue weighted by molar-refractivity contribution is 0.619. The maximum Gasteiger partial charge on any atom is 0.262 e. The van der Waals surface area contributed by atoms with Gasteiger partial charge in [-0.1, -0.05) is 0 Å². The highest BCUT2D eigenvalue weighted by Crippen LogP contribution is 2.13. The maximum absolute atomic E-state index is 13.1. The minimum Gasteiger partial charge on any atom is -0.330 e. The van der Waals surface area contributed by atoms with Crippen molar-refractivity contribution >= 4 is 22.5 Å². The summed E-state index contributed by atoms with van der Waals surface area (Å²) in [6.45, 7) is 0.831. The Balaban J connectivity index is 2.65. The van der Waals surface area contributed by atoms with E-state index in [1.165, 1.54) is 22.8 Å². The number of benzene rings is 1. The molecule has 0 unspecified atom stereocenters. The normalized spacial score (nSPS) is 11.0. The molecule has 0 aliphatic rings. The topological polar surface area (TPSA) is 60.9 Å². The number of rotatable bonds is 3. The first kappa shape index (κ1) is 12.0. The van der Waals surface area contributed by atoms with E-state index >= 15 is 0 Å². The van der Waals surface area contributed by atoms with Crippen LogP contribution in [0.2, 0.25) is 5.28 Å². The molecule has 2 aromatic rings. The highest BCUT2D eigenvalue weighted by Gasteiger charge is 2.09. The van der Waals surface area contributed by atoms with Crippen molar-refractivity contribution in [1.82, 2.24) is 9.55 Å². The summed E-state index contributed by atoms with van der Waals surface area (Å²) >= 11 is 5.90. The van der Waals surface area contributed by atoms with Gasteiger partial charge in [0.05, 0.1) is 10.9 Å². The fourth-order valence-corrected chi connectivity index (χ4v) is 1.86. The molecule has 17 heavy (non-hydrogen) atoms. The van der Waals surface area contributed by atoms with E-state index in [0.717, 1.165) is 0 Å². The summed E-state index contributed by atoms with van der Waals surface area (Å²) in [7, 11) is 0. The van der Waals surface area contributed by atoms with Gasteiger partial charge in [0.15, 0.2) is 0 Å². The van der Waals surface area contributed by atoms with E-state index in [9.17, 15) is 9.18 Å². The van der Waals surface area contributed by atoms with Crippen molar-refractivity contribution in [1.29, 1.82) is 0 Å². The molecule has 0 spiro atoms. The Labute approximate surface area is 102 Å². The largest absolute Gasteiger partial charge is 0.330 e. The van der Waals surface area contributed by atoms with Crippen molar-refractivity contribution in [3.8, 4) is 0 Å². The Hall–Kier alpha value is -1.46. The molecule has 0 fully saturated rings. The van der Waals surface area contributed by atoms with Crippen LogP contribution in [0.25, 0.3) is 10.9 Å². The van der Waals surface area contributed by atoms with Gasteiger partial charge in [-0.05, 0) is 42.8 Å². The third-order valence-corrected chi connectivity index (χ3v) is 2.74. The molecule has 1 aromatic carbocycles. The molecule has 4 nitrogen and oxygen atoms in total. The molecule has 2 rings (SSSR count). The SMILES string of the molecule is NCCCn1c(Cl)nc2ccc(F)cc2c1=O. The van der Waals surface area contributed by atoms with Crippen LogP contribution in [0, 0.1) is 5.82 Å². The Bertz CT molecular complexity index is 611. The molecular weight excluding hydrogens is 245 g/mol. The molecule has 0 aliphatic heterocycles. The molecule has 0 atom stereocenters. The van der Waals surface area contributed by atoms with Crippen LogP contribution in [0.15, 0.2) is 23.0 Å². The predicted octanol–water partition coefficient (Wildman–Crippen LogP) is 1.54. The number of aromatic nitrogens is 2. The summed E-state index contributed by atoms with van der Waals surface area (Å²) in [6, 6.07) is 3.85. The highest BCUT2D eigenvalue weighted by atomic mass is 35.5. The van der Waals surface area contributed by atoms with Crippen LogP contribution in [0.4, 0.5) is 4.39 Å². The zero-order chi connectivity index (χ0) is 12.4. The van der Waals surface area contributed by atoms with Crippen LogP contribution in [0.1, 0.15) is 6.42 Å². The van der Waals surface area contributed by atoms with Gasteiger partial charge in [0.25, 0.3) is 5.56 Å². The smallest absolute Gasteiger partial charge is 0.262 e. The molecule has 1 aromatic heterocycles. The summed E-state index contributed by atoms with van der Waals surface area (Å²) in [5, 5.41) is 0.328. The van der Waals surface area contributed by atoms with Gasteiger partial charge in [-0.25, -0.2) is 9.37 Å². The first-order chi connectivity index (χ1) is 8.13. The molecule has 0 radical (unpaired) electrons. The van der Waals surface area contributed by atoms with E-state index < -0.39 is 5.82 Å². The number of hydrogen-bond acceptors (Lipinski definition) is 3. The molecule has 0 saturated carbocycles. The fourth-order valence-electron chi connectivity index (χ4n) is 1.61. The average molecular weight is 256 g/mol. The van der Waals surface area contributed by atoms with Crippen LogP contribution in [-0.4, -0.2) is 16.1 Å². The monoisotopic (exact) mass is 255 g/mol. The van der Waals surface area contributed by atoms with Crippen molar-refractivity contribution in [2.45, 2.75) is 13.0 Å². The van der Waals surface area contributed by atoms with Gasteiger partial charge in [-0.2, -0.15) is 0 Å². The van der Waals surface area contributed by atoms with Gasteiger partial charge in [-0.15, -0.1) is 0 Å². The average Bonchev–Trinajstić information content (AvgIpc) is 2.30. The number of nitrogens with two attached hydrogens (primary N) is 1. The first-order valence-electron chi connectivity index (χ1n) is 5.19. The lowest BCUT2D eigenvalue weighted by Crippen LogP contribution is -2.23. The van der Waals surface area contributed by atoms with Crippen LogP contribution in [-0.2, 0) is 6.54 Å². The summed E-state index contributed by atoms with van der Waals surface area (Å²) in [4.78, 5) is 16.1. The fraction of sp³-hybridized carbons (Fsp3) is 0.273. The van der Waals surface area contributed by atoms with Crippen molar-refractivity contribution in [3.63, 3.8) is 0 Å². The van der Waals surface area contributed by atoms with Crippen LogP contribution in [0.5, 0.6) is 0 Å². The quantitative estimate of drug-likeness (QED) is 0.847. The molecule has 2 N–H and O–H groups in total. The first-order valence-corrected chi connectivity index (χ1v) is 5.57. The highest BCUT2D eigenvalue weighted by molar-refractivity contribution is 6.28. The van der Waals surface area contributed by atoms with Crippen molar-refractivity contribution in [2.75, 3.05) is 6.54 Å². The van der Waals surface area contributed by atoms with Crippen molar-refractivity contribution in [3.05, 3.63) is 39.7 Å². The van der Waals surface area contributed by atoms with Gasteiger partial charge in [-0.3, -0.25) is 9.36 Å². The number of fused-ring (bicyclic) bond motifs is 1. The van der Waals surface area contributed by atoms with Gasteiger partial charge >= 0.3 is 0 Å². The maximum atomic E-state index is 13.1. The summed E-state index contributed by atoms with van der Waals surface area (Å²) < 4.78 is 14.4. The molecule has 0 aliphatic carbocycles. The van der Waals surface area contributed by atoms with E-state index in [1.807, 2.05) is 0 Å². The van der Waals surface area contributed by atoms with Gasteiger partial charge in [0, 0.05) is 6.54 Å². The van der Waals surface area contributed by atoms with Gasteiger partial charge in [0.2, 0.25) is 5.28 Å². The Kier molecular flexibility index (Phi) is 3.40. The lowest BCUT2D eigenvalue weighted by atomic mass is 10.2. The van der Waals surface area contributed by atoms with Crippen LogP contribution >= 0.6 is 11.6 Å². The predicted molar refractivity (Wildman–Crippen MR) is 64.6 cm³/mol. The third kappa shape index (κ3) is 2.30. The number of halogens is 2. The minimum absolute atomic E-state index is 0.0996. The van der Waals surface area contributed by atoms with Crippen molar-refractivity contribution < 1.29 is 4.39 Å². The third-order valence-electron chi connectivity index (χ3n) is 2.46. The van der Waals surface area contributed by atoms with Crippen LogP contribution in [0.3, 0.4) is 0 Å². The van der Waals surface area contributed by atoms with E-state index in [2.05, 4.69) is 4.98 Å². The van der Waals surface area contributed by atoms with E-state index in [0.29, 0.717) is 25.0 Å². The second-order valence-corrected chi connectivity index (χ2v) is 3.98. The molecule has 6 heteroatoms. The van der Waals surface area contributed by atoms with Crippen molar-refractivity contribution in [2.24, 2.45) is 5.73 Å².